The summed E-state index contributed by atoms with van der Waals surface area (Å²) in [6.45, 7) is 2.45. The highest BCUT2D eigenvalue weighted by molar-refractivity contribution is 5.67. The van der Waals surface area contributed by atoms with Crippen LogP contribution in [0.5, 0.6) is 5.75 Å². The lowest BCUT2D eigenvalue weighted by Gasteiger charge is -2.02. The van der Waals surface area contributed by atoms with Gasteiger partial charge in [0.1, 0.15) is 0 Å². The number of aryl methyl sites for hydroxylation is 1. The first-order valence-electron chi connectivity index (χ1n) is 5.39. The van der Waals surface area contributed by atoms with Crippen molar-refractivity contribution in [3.05, 3.63) is 24.2 Å². The Morgan fingerprint density at radius 2 is 2.41 bits per heavy atom. The molecule has 0 aromatic carbocycles. The molecule has 0 aliphatic heterocycles. The van der Waals surface area contributed by atoms with Gasteiger partial charge in [-0.05, 0) is 19.1 Å². The minimum Gasteiger partial charge on any atom is -0.490 e. The van der Waals surface area contributed by atoms with Crippen LogP contribution in [0.4, 0.5) is 0 Å². The van der Waals surface area contributed by atoms with E-state index < -0.39 is 5.97 Å². The first-order valence-corrected chi connectivity index (χ1v) is 5.39. The predicted molar refractivity (Wildman–Crippen MR) is 60.1 cm³/mol. The zero-order valence-corrected chi connectivity index (χ0v) is 9.46. The number of pyridine rings is 1. The maximum Gasteiger partial charge on any atom is 0.303 e. The molecule has 0 aliphatic rings. The third-order valence-corrected chi connectivity index (χ3v) is 2.23. The number of ether oxygens (including phenoxy) is 1. The van der Waals surface area contributed by atoms with Crippen molar-refractivity contribution in [2.45, 2.75) is 19.8 Å². The van der Waals surface area contributed by atoms with Crippen molar-refractivity contribution in [1.82, 2.24) is 14.6 Å². The van der Waals surface area contributed by atoms with Gasteiger partial charge in [0, 0.05) is 12.6 Å². The first kappa shape index (κ1) is 11.4. The molecule has 0 spiro atoms. The SMILES string of the molecule is CCOc1cccn2nc(CCC(=O)O)nc12. The molecule has 17 heavy (non-hydrogen) atoms. The van der Waals surface area contributed by atoms with Crippen LogP contribution in [0.15, 0.2) is 18.3 Å². The zero-order chi connectivity index (χ0) is 12.3. The topological polar surface area (TPSA) is 76.7 Å². The van der Waals surface area contributed by atoms with Gasteiger partial charge in [-0.15, -0.1) is 0 Å². The molecule has 0 fully saturated rings. The second-order valence-electron chi connectivity index (χ2n) is 3.50. The summed E-state index contributed by atoms with van der Waals surface area (Å²) in [7, 11) is 0. The maximum absolute atomic E-state index is 10.5. The highest BCUT2D eigenvalue weighted by Crippen LogP contribution is 2.17. The van der Waals surface area contributed by atoms with E-state index in [-0.39, 0.29) is 6.42 Å². The Hall–Kier alpha value is -2.11. The van der Waals surface area contributed by atoms with Crippen molar-refractivity contribution < 1.29 is 14.6 Å². The van der Waals surface area contributed by atoms with Crippen LogP contribution in [0.1, 0.15) is 19.2 Å². The first-order chi connectivity index (χ1) is 8.20. The van der Waals surface area contributed by atoms with Gasteiger partial charge in [-0.1, -0.05) is 0 Å². The minimum atomic E-state index is -0.853. The molecule has 0 amide bonds. The minimum absolute atomic E-state index is 0.0286. The summed E-state index contributed by atoms with van der Waals surface area (Å²) in [6, 6.07) is 3.63. The van der Waals surface area contributed by atoms with Gasteiger partial charge >= 0.3 is 5.97 Å². The van der Waals surface area contributed by atoms with Crippen LogP contribution < -0.4 is 4.74 Å². The van der Waals surface area contributed by atoms with Gasteiger partial charge in [-0.25, -0.2) is 9.50 Å². The van der Waals surface area contributed by atoms with E-state index in [1.54, 1.807) is 10.7 Å². The zero-order valence-electron chi connectivity index (χ0n) is 9.46. The van der Waals surface area contributed by atoms with Crippen molar-refractivity contribution in [2.24, 2.45) is 0 Å². The molecule has 0 saturated heterocycles. The van der Waals surface area contributed by atoms with E-state index in [4.69, 9.17) is 9.84 Å². The van der Waals surface area contributed by atoms with Gasteiger partial charge in [-0.2, -0.15) is 5.10 Å². The van der Waals surface area contributed by atoms with E-state index in [0.717, 1.165) is 0 Å². The van der Waals surface area contributed by atoms with Gasteiger partial charge < -0.3 is 9.84 Å². The van der Waals surface area contributed by atoms with Gasteiger partial charge in [-0.3, -0.25) is 4.79 Å². The summed E-state index contributed by atoms with van der Waals surface area (Å²) in [5.41, 5.74) is 0.620. The number of fused-ring (bicyclic) bond motifs is 1. The highest BCUT2D eigenvalue weighted by atomic mass is 16.5. The molecule has 0 radical (unpaired) electrons. The Morgan fingerprint density at radius 1 is 1.59 bits per heavy atom. The molecule has 0 saturated carbocycles. The quantitative estimate of drug-likeness (QED) is 0.841. The van der Waals surface area contributed by atoms with Gasteiger partial charge in [0.15, 0.2) is 17.2 Å². The monoisotopic (exact) mass is 235 g/mol. The molecule has 6 nitrogen and oxygen atoms in total. The number of carboxylic acid groups (broad SMARTS) is 1. The molecule has 90 valence electrons. The summed E-state index contributed by atoms with van der Waals surface area (Å²) >= 11 is 0. The maximum atomic E-state index is 10.5. The number of carbonyl (C=O) groups is 1. The van der Waals surface area contributed by atoms with Crippen LogP contribution in [-0.4, -0.2) is 32.3 Å². The average Bonchev–Trinajstić information content (AvgIpc) is 2.71. The lowest BCUT2D eigenvalue weighted by atomic mass is 10.3. The molecule has 0 atom stereocenters. The number of rotatable bonds is 5. The molecular formula is C11H13N3O3. The number of hydrogen-bond acceptors (Lipinski definition) is 4. The molecule has 1 N–H and O–H groups in total. The molecule has 0 aliphatic carbocycles. The van der Waals surface area contributed by atoms with E-state index in [9.17, 15) is 4.79 Å². The number of nitrogens with zero attached hydrogens (tertiary/aromatic N) is 3. The highest BCUT2D eigenvalue weighted by Gasteiger charge is 2.09. The van der Waals surface area contributed by atoms with E-state index >= 15 is 0 Å². The Bertz CT molecular complexity index is 536. The third-order valence-electron chi connectivity index (χ3n) is 2.23. The van der Waals surface area contributed by atoms with Crippen LogP contribution in [-0.2, 0) is 11.2 Å². The fraction of sp³-hybridized carbons (Fsp3) is 0.364. The standard InChI is InChI=1S/C11H13N3O3/c1-2-17-8-4-3-7-14-11(8)12-9(13-14)5-6-10(15)16/h3-4,7H,2,5-6H2,1H3,(H,15,16). The predicted octanol–water partition coefficient (Wildman–Crippen LogP) is 1.15. The van der Waals surface area contributed by atoms with Crippen LogP contribution >= 0.6 is 0 Å². The number of hydrogen-bond donors (Lipinski definition) is 1. The summed E-state index contributed by atoms with van der Waals surface area (Å²) < 4.78 is 7.02. The van der Waals surface area contributed by atoms with E-state index in [1.165, 1.54) is 0 Å². The van der Waals surface area contributed by atoms with Crippen molar-refractivity contribution in [3.63, 3.8) is 0 Å². The Labute approximate surface area is 97.9 Å². The molecule has 2 aromatic rings. The molecule has 6 heteroatoms. The van der Waals surface area contributed by atoms with Crippen molar-refractivity contribution >= 4 is 11.6 Å². The van der Waals surface area contributed by atoms with Gasteiger partial charge in [0.25, 0.3) is 0 Å². The number of aliphatic carboxylic acids is 1. The third kappa shape index (κ3) is 2.52. The van der Waals surface area contributed by atoms with Gasteiger partial charge in [0.2, 0.25) is 0 Å². The van der Waals surface area contributed by atoms with Crippen molar-refractivity contribution in [2.75, 3.05) is 6.61 Å². The van der Waals surface area contributed by atoms with E-state index in [2.05, 4.69) is 10.1 Å². The fourth-order valence-corrected chi connectivity index (χ4v) is 1.52. The summed E-state index contributed by atoms with van der Waals surface area (Å²) in [4.78, 5) is 14.7. The summed E-state index contributed by atoms with van der Waals surface area (Å²) in [5, 5.41) is 12.8. The molecule has 0 bridgehead atoms. The molecule has 2 aromatic heterocycles. The van der Waals surface area contributed by atoms with Crippen LogP contribution in [0.25, 0.3) is 5.65 Å². The largest absolute Gasteiger partial charge is 0.490 e. The van der Waals surface area contributed by atoms with Gasteiger partial charge in [0.05, 0.1) is 13.0 Å². The Balaban J connectivity index is 2.29. The smallest absolute Gasteiger partial charge is 0.303 e. The Morgan fingerprint density at radius 3 is 3.12 bits per heavy atom. The van der Waals surface area contributed by atoms with E-state index in [1.807, 2.05) is 19.1 Å². The normalized spacial score (nSPS) is 10.6. The Kier molecular flexibility index (Phi) is 3.22. The molecule has 2 heterocycles. The number of carboxylic acids is 1. The summed E-state index contributed by atoms with van der Waals surface area (Å²) in [6.07, 6.45) is 2.11. The van der Waals surface area contributed by atoms with Crippen molar-refractivity contribution in [1.29, 1.82) is 0 Å². The van der Waals surface area contributed by atoms with Crippen LogP contribution in [0, 0.1) is 0 Å². The number of aromatic nitrogens is 3. The average molecular weight is 235 g/mol. The fourth-order valence-electron chi connectivity index (χ4n) is 1.52. The van der Waals surface area contributed by atoms with Crippen LogP contribution in [0.2, 0.25) is 0 Å². The lowest BCUT2D eigenvalue weighted by molar-refractivity contribution is -0.137. The van der Waals surface area contributed by atoms with Crippen molar-refractivity contribution in [3.8, 4) is 5.75 Å². The lowest BCUT2D eigenvalue weighted by Crippen LogP contribution is -1.99. The van der Waals surface area contributed by atoms with E-state index in [0.29, 0.717) is 30.2 Å². The van der Waals surface area contributed by atoms with Crippen LogP contribution in [0.3, 0.4) is 0 Å². The molecular weight excluding hydrogens is 222 g/mol. The second kappa shape index (κ2) is 4.82. The summed E-state index contributed by atoms with van der Waals surface area (Å²) in [5.74, 6) is 0.317. The molecule has 2 rings (SSSR count). The second-order valence-corrected chi connectivity index (χ2v) is 3.50. The molecule has 0 unspecified atom stereocenters.